The summed E-state index contributed by atoms with van der Waals surface area (Å²) in [5, 5.41) is 8.69. The van der Waals surface area contributed by atoms with Crippen molar-refractivity contribution < 1.29 is 0 Å². The molecule has 0 amide bonds. The molecule has 0 spiro atoms. The minimum Gasteiger partial charge on any atom is -0.398 e. The summed E-state index contributed by atoms with van der Waals surface area (Å²) in [6, 6.07) is 8.09. The predicted octanol–water partition coefficient (Wildman–Crippen LogP) is 3.29. The van der Waals surface area contributed by atoms with Gasteiger partial charge < -0.3 is 5.73 Å². The number of anilines is 1. The molecule has 2 nitrogen and oxygen atoms in total. The van der Waals surface area contributed by atoms with Crippen molar-refractivity contribution in [3.05, 3.63) is 35.4 Å². The quantitative estimate of drug-likeness (QED) is 0.765. The molecule has 1 aromatic carbocycles. The van der Waals surface area contributed by atoms with E-state index in [4.69, 9.17) is 11.0 Å². The lowest BCUT2D eigenvalue weighted by atomic mass is 9.91. The number of nitriles is 1. The van der Waals surface area contributed by atoms with E-state index in [9.17, 15) is 0 Å². The van der Waals surface area contributed by atoms with Crippen LogP contribution in [0.25, 0.3) is 5.57 Å². The summed E-state index contributed by atoms with van der Waals surface area (Å²) in [6.45, 7) is 0. The van der Waals surface area contributed by atoms with Crippen LogP contribution in [0.4, 0.5) is 5.69 Å². The third-order valence-electron chi connectivity index (χ3n) is 3.04. The van der Waals surface area contributed by atoms with Gasteiger partial charge in [-0.2, -0.15) is 5.26 Å². The van der Waals surface area contributed by atoms with E-state index in [-0.39, 0.29) is 0 Å². The molecule has 82 valence electrons. The number of nitrogen functional groups attached to an aromatic ring is 1. The van der Waals surface area contributed by atoms with Crippen LogP contribution in [0, 0.1) is 11.3 Å². The molecular formula is C14H16N2. The van der Waals surface area contributed by atoms with Crippen molar-refractivity contribution in [2.75, 3.05) is 5.73 Å². The second kappa shape index (κ2) is 4.85. The lowest BCUT2D eigenvalue weighted by Gasteiger charge is -2.15. The fraction of sp³-hybridized carbons (Fsp3) is 0.357. The smallest absolute Gasteiger partial charge is 0.0669 e. The maximum Gasteiger partial charge on any atom is 0.0669 e. The molecule has 0 bridgehead atoms. The molecule has 2 heteroatoms. The van der Waals surface area contributed by atoms with Gasteiger partial charge in [-0.3, -0.25) is 0 Å². The highest BCUT2D eigenvalue weighted by molar-refractivity contribution is 5.76. The Bertz CT molecular complexity index is 452. The fourth-order valence-corrected chi connectivity index (χ4v) is 2.17. The maximum atomic E-state index is 8.69. The van der Waals surface area contributed by atoms with E-state index in [2.05, 4.69) is 18.2 Å². The van der Waals surface area contributed by atoms with Crippen LogP contribution in [0.1, 0.15) is 36.8 Å². The first-order chi connectivity index (χ1) is 7.81. The third kappa shape index (κ3) is 2.25. The second-order valence-corrected chi connectivity index (χ2v) is 4.23. The van der Waals surface area contributed by atoms with E-state index in [0.29, 0.717) is 6.42 Å². The molecule has 1 aromatic rings. The van der Waals surface area contributed by atoms with Gasteiger partial charge in [0.25, 0.3) is 0 Å². The van der Waals surface area contributed by atoms with Gasteiger partial charge in [0.05, 0.1) is 12.5 Å². The highest BCUT2D eigenvalue weighted by Crippen LogP contribution is 2.30. The second-order valence-electron chi connectivity index (χ2n) is 4.23. The Labute approximate surface area is 96.4 Å². The van der Waals surface area contributed by atoms with Crippen molar-refractivity contribution in [2.24, 2.45) is 0 Å². The van der Waals surface area contributed by atoms with E-state index >= 15 is 0 Å². The molecule has 1 aliphatic carbocycles. The van der Waals surface area contributed by atoms with Crippen LogP contribution >= 0.6 is 0 Å². The lowest BCUT2D eigenvalue weighted by Crippen LogP contribution is -1.98. The molecular weight excluding hydrogens is 196 g/mol. The number of hydrogen-bond acceptors (Lipinski definition) is 2. The monoisotopic (exact) mass is 212 g/mol. The summed E-state index contributed by atoms with van der Waals surface area (Å²) < 4.78 is 0. The molecule has 0 aliphatic heterocycles. The number of allylic oxidation sites excluding steroid dienone is 2. The Morgan fingerprint density at radius 3 is 2.88 bits per heavy atom. The molecule has 0 heterocycles. The zero-order chi connectivity index (χ0) is 11.4. The van der Waals surface area contributed by atoms with Gasteiger partial charge >= 0.3 is 0 Å². The van der Waals surface area contributed by atoms with E-state index in [1.165, 1.54) is 18.4 Å². The first-order valence-corrected chi connectivity index (χ1v) is 5.76. The van der Waals surface area contributed by atoms with Gasteiger partial charge in [-0.1, -0.05) is 12.1 Å². The molecule has 0 saturated carbocycles. The Balaban J connectivity index is 2.35. The molecule has 0 aromatic heterocycles. The number of nitrogens with two attached hydrogens (primary N) is 1. The van der Waals surface area contributed by atoms with Crippen molar-refractivity contribution in [1.29, 1.82) is 5.26 Å². The molecule has 16 heavy (non-hydrogen) atoms. The Morgan fingerprint density at radius 2 is 2.19 bits per heavy atom. The largest absolute Gasteiger partial charge is 0.398 e. The van der Waals surface area contributed by atoms with Gasteiger partial charge in [0.2, 0.25) is 0 Å². The number of benzene rings is 1. The highest BCUT2D eigenvalue weighted by atomic mass is 14.6. The van der Waals surface area contributed by atoms with Crippen LogP contribution in [0.2, 0.25) is 0 Å². The first-order valence-electron chi connectivity index (χ1n) is 5.76. The first kappa shape index (κ1) is 10.8. The molecule has 0 fully saturated rings. The van der Waals surface area contributed by atoms with Crippen molar-refractivity contribution in [2.45, 2.75) is 32.1 Å². The topological polar surface area (TPSA) is 49.8 Å². The van der Waals surface area contributed by atoms with Crippen molar-refractivity contribution in [3.63, 3.8) is 0 Å². The SMILES string of the molecule is N#CCc1ccc(N)c(C2=CCCCC2)c1. The van der Waals surface area contributed by atoms with Crippen LogP contribution < -0.4 is 5.73 Å². The summed E-state index contributed by atoms with van der Waals surface area (Å²) >= 11 is 0. The van der Waals surface area contributed by atoms with Crippen molar-refractivity contribution in [3.8, 4) is 6.07 Å². The van der Waals surface area contributed by atoms with E-state index < -0.39 is 0 Å². The minimum absolute atomic E-state index is 0.459. The number of hydrogen-bond donors (Lipinski definition) is 1. The molecule has 2 N–H and O–H groups in total. The third-order valence-corrected chi connectivity index (χ3v) is 3.04. The van der Waals surface area contributed by atoms with Gasteiger partial charge in [0.1, 0.15) is 0 Å². The zero-order valence-electron chi connectivity index (χ0n) is 9.37. The van der Waals surface area contributed by atoms with Crippen LogP contribution in [0.15, 0.2) is 24.3 Å². The average molecular weight is 212 g/mol. The lowest BCUT2D eigenvalue weighted by molar-refractivity contribution is 0.742. The zero-order valence-corrected chi connectivity index (χ0v) is 9.37. The summed E-state index contributed by atoms with van der Waals surface area (Å²) in [7, 11) is 0. The summed E-state index contributed by atoms with van der Waals surface area (Å²) in [4.78, 5) is 0. The highest BCUT2D eigenvalue weighted by Gasteiger charge is 2.09. The van der Waals surface area contributed by atoms with Crippen molar-refractivity contribution >= 4 is 11.3 Å². The predicted molar refractivity (Wildman–Crippen MR) is 66.6 cm³/mol. The van der Waals surface area contributed by atoms with Gasteiger partial charge in [0.15, 0.2) is 0 Å². The fourth-order valence-electron chi connectivity index (χ4n) is 2.17. The van der Waals surface area contributed by atoms with E-state index in [1.54, 1.807) is 0 Å². The van der Waals surface area contributed by atoms with Crippen LogP contribution in [-0.4, -0.2) is 0 Å². The minimum atomic E-state index is 0.459. The molecule has 2 rings (SSSR count). The Morgan fingerprint density at radius 1 is 1.31 bits per heavy atom. The number of nitrogens with zero attached hydrogens (tertiary/aromatic N) is 1. The van der Waals surface area contributed by atoms with Gasteiger partial charge in [-0.25, -0.2) is 0 Å². The molecule has 0 unspecified atom stereocenters. The molecule has 1 aliphatic rings. The average Bonchev–Trinajstić information content (AvgIpc) is 2.33. The molecule has 0 atom stereocenters. The molecule has 0 saturated heterocycles. The van der Waals surface area contributed by atoms with Crippen LogP contribution in [0.3, 0.4) is 0 Å². The summed E-state index contributed by atoms with van der Waals surface area (Å²) in [5.74, 6) is 0. The standard InChI is InChI=1S/C14H16N2/c15-9-8-11-6-7-14(16)13(10-11)12-4-2-1-3-5-12/h4,6-7,10H,1-3,5,8,16H2. The van der Waals surface area contributed by atoms with Crippen LogP contribution in [0.5, 0.6) is 0 Å². The number of rotatable bonds is 2. The summed E-state index contributed by atoms with van der Waals surface area (Å²) in [6.07, 6.45) is 7.53. The Kier molecular flexibility index (Phi) is 3.26. The van der Waals surface area contributed by atoms with Gasteiger partial charge in [-0.05, 0) is 49.0 Å². The maximum absolute atomic E-state index is 8.69. The van der Waals surface area contributed by atoms with Gasteiger partial charge in [0, 0.05) is 11.3 Å². The van der Waals surface area contributed by atoms with Crippen LogP contribution in [-0.2, 0) is 6.42 Å². The van der Waals surface area contributed by atoms with E-state index in [0.717, 1.165) is 29.7 Å². The summed E-state index contributed by atoms with van der Waals surface area (Å²) in [5.41, 5.74) is 10.4. The molecule has 0 radical (unpaired) electrons. The Hall–Kier alpha value is -1.75. The van der Waals surface area contributed by atoms with Crippen molar-refractivity contribution in [1.82, 2.24) is 0 Å². The van der Waals surface area contributed by atoms with E-state index in [1.807, 2.05) is 12.1 Å². The van der Waals surface area contributed by atoms with Gasteiger partial charge in [-0.15, -0.1) is 0 Å². The normalized spacial score (nSPS) is 15.3.